The lowest BCUT2D eigenvalue weighted by Crippen LogP contribution is -2.43. The maximum absolute atomic E-state index is 14.4. The first-order valence-electron chi connectivity index (χ1n) is 9.18. The molecule has 0 saturated heterocycles. The number of hydrogen-bond donors (Lipinski definition) is 2. The first-order chi connectivity index (χ1) is 13.1. The fourth-order valence-corrected chi connectivity index (χ4v) is 4.15. The van der Waals surface area contributed by atoms with E-state index in [2.05, 4.69) is 25.1 Å². The van der Waals surface area contributed by atoms with E-state index in [-0.39, 0.29) is 5.02 Å². The van der Waals surface area contributed by atoms with Crippen molar-refractivity contribution in [2.45, 2.75) is 31.7 Å². The number of fused-ring (bicyclic) bond motifs is 1. The highest BCUT2D eigenvalue weighted by Crippen LogP contribution is 2.32. The van der Waals surface area contributed by atoms with Gasteiger partial charge in [0.05, 0.1) is 11.2 Å². The summed E-state index contributed by atoms with van der Waals surface area (Å²) < 4.78 is 14.4. The molecule has 0 aliphatic heterocycles. The summed E-state index contributed by atoms with van der Waals surface area (Å²) in [6.45, 7) is 0.674. The van der Waals surface area contributed by atoms with Crippen LogP contribution >= 0.6 is 11.6 Å². The molecule has 3 N–H and O–H groups in total. The summed E-state index contributed by atoms with van der Waals surface area (Å²) in [4.78, 5) is 11.3. The van der Waals surface area contributed by atoms with E-state index >= 15 is 0 Å². The molecule has 0 radical (unpaired) electrons. The Hall–Kier alpha value is -2.25. The molecule has 6 nitrogen and oxygen atoms in total. The normalized spacial score (nSPS) is 20.1. The molecule has 3 aromatic rings. The van der Waals surface area contributed by atoms with Gasteiger partial charge < -0.3 is 10.6 Å². The number of nitrogens with one attached hydrogen (secondary N) is 1. The van der Waals surface area contributed by atoms with Gasteiger partial charge in [-0.05, 0) is 37.4 Å². The fraction of sp³-hybridized carbons (Fsp3) is 0.421. The van der Waals surface area contributed by atoms with Crippen LogP contribution in [0.4, 0.5) is 10.2 Å². The van der Waals surface area contributed by atoms with Crippen molar-refractivity contribution in [2.75, 3.05) is 18.5 Å². The molecule has 1 saturated carbocycles. The zero-order valence-corrected chi connectivity index (χ0v) is 15.9. The maximum atomic E-state index is 14.4. The Kier molecular flexibility index (Phi) is 4.97. The number of halogens is 2. The van der Waals surface area contributed by atoms with Crippen molar-refractivity contribution in [1.82, 2.24) is 20.2 Å². The molecule has 4 rings (SSSR count). The molecule has 27 heavy (non-hydrogen) atoms. The summed E-state index contributed by atoms with van der Waals surface area (Å²) in [7, 11) is 2.03. The third-order valence-electron chi connectivity index (χ3n) is 5.49. The number of hydrogen-bond acceptors (Lipinski definition) is 5. The lowest BCUT2D eigenvalue weighted by Gasteiger charge is -2.38. The molecule has 1 fully saturated rings. The van der Waals surface area contributed by atoms with E-state index in [4.69, 9.17) is 17.3 Å². The van der Waals surface area contributed by atoms with Crippen molar-refractivity contribution in [3.8, 4) is 11.3 Å². The van der Waals surface area contributed by atoms with Crippen LogP contribution in [0.1, 0.15) is 25.7 Å². The molecule has 142 valence electrons. The number of aromatic amines is 1. The van der Waals surface area contributed by atoms with Gasteiger partial charge >= 0.3 is 0 Å². The Morgan fingerprint density at radius 2 is 2.15 bits per heavy atom. The minimum Gasteiger partial charge on any atom is -0.355 e. The lowest BCUT2D eigenvalue weighted by molar-refractivity contribution is 0.305. The van der Waals surface area contributed by atoms with Crippen LogP contribution in [0.15, 0.2) is 24.4 Å². The van der Waals surface area contributed by atoms with E-state index in [1.807, 2.05) is 7.05 Å². The molecule has 0 spiro atoms. The summed E-state index contributed by atoms with van der Waals surface area (Å²) in [5.41, 5.74) is 7.72. The average Bonchev–Trinajstić information content (AvgIpc) is 3.12. The van der Waals surface area contributed by atoms with E-state index in [1.165, 1.54) is 18.9 Å². The van der Waals surface area contributed by atoms with Crippen LogP contribution in [0.3, 0.4) is 0 Å². The minimum absolute atomic E-state index is 0.0538. The van der Waals surface area contributed by atoms with Gasteiger partial charge in [-0.2, -0.15) is 5.10 Å². The summed E-state index contributed by atoms with van der Waals surface area (Å²) in [5.74, 6) is 0.706. The molecule has 0 amide bonds. The molecule has 2 heterocycles. The van der Waals surface area contributed by atoms with E-state index in [1.54, 1.807) is 18.3 Å². The van der Waals surface area contributed by atoms with Gasteiger partial charge in [0.2, 0.25) is 0 Å². The predicted molar refractivity (Wildman–Crippen MR) is 105 cm³/mol. The number of nitrogens with zero attached hydrogens (tertiary/aromatic N) is 4. The molecule has 0 bridgehead atoms. The Morgan fingerprint density at radius 3 is 2.96 bits per heavy atom. The average molecular weight is 389 g/mol. The monoisotopic (exact) mass is 388 g/mol. The number of rotatable bonds is 4. The molecule has 0 unspecified atom stereocenters. The number of nitrogens with two attached hydrogens (primary N) is 1. The van der Waals surface area contributed by atoms with Gasteiger partial charge in [-0.3, -0.25) is 5.10 Å². The molecule has 2 atom stereocenters. The molecular weight excluding hydrogens is 367 g/mol. The number of benzene rings is 1. The Balaban J connectivity index is 1.69. The van der Waals surface area contributed by atoms with Gasteiger partial charge in [0.1, 0.15) is 17.0 Å². The van der Waals surface area contributed by atoms with E-state index in [9.17, 15) is 4.39 Å². The van der Waals surface area contributed by atoms with Crippen LogP contribution in [-0.4, -0.2) is 39.8 Å². The van der Waals surface area contributed by atoms with Crippen LogP contribution in [0.25, 0.3) is 22.4 Å². The van der Waals surface area contributed by atoms with Crippen molar-refractivity contribution >= 4 is 28.6 Å². The maximum Gasteiger partial charge on any atom is 0.177 e. The van der Waals surface area contributed by atoms with Crippen LogP contribution in [0, 0.1) is 11.7 Å². The van der Waals surface area contributed by atoms with Crippen LogP contribution < -0.4 is 10.6 Å². The first-order valence-corrected chi connectivity index (χ1v) is 9.56. The summed E-state index contributed by atoms with van der Waals surface area (Å²) >= 11 is 5.90. The number of H-pyrrole nitrogens is 1. The quantitative estimate of drug-likeness (QED) is 0.710. The second-order valence-electron chi connectivity index (χ2n) is 7.06. The molecule has 1 aliphatic carbocycles. The van der Waals surface area contributed by atoms with Crippen LogP contribution in [0.5, 0.6) is 0 Å². The van der Waals surface area contributed by atoms with Gasteiger partial charge in [0.25, 0.3) is 0 Å². The first kappa shape index (κ1) is 18.1. The Labute approximate surface area is 161 Å². The molecule has 8 heteroatoms. The third-order valence-corrected chi connectivity index (χ3v) is 5.79. The SMILES string of the molecule is CN(c1cnc2c(-c3cccc(Cl)c3F)n[nH]c2n1)[C@H]1CCCC[C@H]1CN. The van der Waals surface area contributed by atoms with E-state index < -0.39 is 5.82 Å². The van der Waals surface area contributed by atoms with E-state index in [0.717, 1.165) is 18.7 Å². The smallest absolute Gasteiger partial charge is 0.177 e. The van der Waals surface area contributed by atoms with Crippen molar-refractivity contribution < 1.29 is 4.39 Å². The summed E-state index contributed by atoms with van der Waals surface area (Å²) in [6.07, 6.45) is 6.38. The highest BCUT2D eigenvalue weighted by Gasteiger charge is 2.28. The van der Waals surface area contributed by atoms with Crippen molar-refractivity contribution in [1.29, 1.82) is 0 Å². The summed E-state index contributed by atoms with van der Waals surface area (Å²) in [5, 5.41) is 7.15. The lowest BCUT2D eigenvalue weighted by atomic mass is 9.84. The van der Waals surface area contributed by atoms with Crippen LogP contribution in [0.2, 0.25) is 5.02 Å². The Bertz CT molecular complexity index is 959. The molecular formula is C19H22ClFN6. The minimum atomic E-state index is -0.511. The zero-order valence-electron chi connectivity index (χ0n) is 15.1. The van der Waals surface area contributed by atoms with E-state index in [0.29, 0.717) is 40.9 Å². The Morgan fingerprint density at radius 1 is 1.33 bits per heavy atom. The highest BCUT2D eigenvalue weighted by molar-refractivity contribution is 6.31. The van der Waals surface area contributed by atoms with Crippen molar-refractivity contribution in [3.05, 3.63) is 35.2 Å². The zero-order chi connectivity index (χ0) is 19.0. The fourth-order valence-electron chi connectivity index (χ4n) is 3.98. The largest absolute Gasteiger partial charge is 0.355 e. The topological polar surface area (TPSA) is 83.7 Å². The van der Waals surface area contributed by atoms with Crippen molar-refractivity contribution in [2.24, 2.45) is 11.7 Å². The second kappa shape index (κ2) is 7.40. The highest BCUT2D eigenvalue weighted by atomic mass is 35.5. The van der Waals surface area contributed by atoms with Gasteiger partial charge in [0, 0.05) is 18.7 Å². The van der Waals surface area contributed by atoms with Crippen LogP contribution in [-0.2, 0) is 0 Å². The third kappa shape index (κ3) is 3.26. The summed E-state index contributed by atoms with van der Waals surface area (Å²) in [6, 6.07) is 5.17. The van der Waals surface area contributed by atoms with Gasteiger partial charge in [-0.15, -0.1) is 0 Å². The van der Waals surface area contributed by atoms with Gasteiger partial charge in [0.15, 0.2) is 11.5 Å². The number of aromatic nitrogens is 4. The van der Waals surface area contributed by atoms with Gasteiger partial charge in [-0.1, -0.05) is 30.5 Å². The molecule has 2 aromatic heterocycles. The number of anilines is 1. The second-order valence-corrected chi connectivity index (χ2v) is 7.46. The predicted octanol–water partition coefficient (Wildman–Crippen LogP) is 3.77. The molecule has 1 aromatic carbocycles. The molecule has 1 aliphatic rings. The van der Waals surface area contributed by atoms with Gasteiger partial charge in [-0.25, -0.2) is 14.4 Å². The van der Waals surface area contributed by atoms with Crippen molar-refractivity contribution in [3.63, 3.8) is 0 Å². The standard InChI is InChI=1S/C19H22ClFN6/c1-27(14-8-3-2-5-11(14)9-22)15-10-23-18-17(25-26-19(18)24-15)12-6-4-7-13(20)16(12)21/h4,6-7,10-11,14H,2-3,5,8-9,22H2,1H3,(H,24,25,26)/t11-,14-/m0/s1.